The van der Waals surface area contributed by atoms with Gasteiger partial charge in [-0.1, -0.05) is 72.3 Å². The van der Waals surface area contributed by atoms with Crippen LogP contribution in [-0.4, -0.2) is 5.97 Å². The number of carbonyl (C=O) groups is 1. The highest BCUT2D eigenvalue weighted by Gasteiger charge is 2.11. The highest BCUT2D eigenvalue weighted by molar-refractivity contribution is 6.33. The largest absolute Gasteiger partial charge is 0.423 e. The lowest BCUT2D eigenvalue weighted by molar-refractivity contribution is 0.0735. The van der Waals surface area contributed by atoms with Crippen LogP contribution in [0.5, 0.6) is 5.75 Å². The van der Waals surface area contributed by atoms with Crippen molar-refractivity contribution in [2.75, 3.05) is 0 Å². The van der Waals surface area contributed by atoms with Gasteiger partial charge < -0.3 is 4.74 Å². The van der Waals surface area contributed by atoms with E-state index >= 15 is 0 Å². The number of allylic oxidation sites excluding steroid dienone is 4. The molecule has 0 saturated carbocycles. The van der Waals surface area contributed by atoms with Crippen LogP contribution in [0, 0.1) is 0 Å². The minimum absolute atomic E-state index is 0.390. The second-order valence-electron chi connectivity index (χ2n) is 7.64. The van der Waals surface area contributed by atoms with Crippen LogP contribution < -0.4 is 4.74 Å². The van der Waals surface area contributed by atoms with Gasteiger partial charge in [0.1, 0.15) is 5.75 Å². The number of rotatable bonds is 9. The van der Waals surface area contributed by atoms with E-state index in [-0.39, 0.29) is 5.97 Å². The van der Waals surface area contributed by atoms with Gasteiger partial charge in [-0.25, -0.2) is 4.79 Å². The van der Waals surface area contributed by atoms with Gasteiger partial charge in [-0.2, -0.15) is 0 Å². The van der Waals surface area contributed by atoms with Crippen LogP contribution >= 0.6 is 11.6 Å². The molecule has 0 aromatic heterocycles. The van der Waals surface area contributed by atoms with Crippen LogP contribution in [0.4, 0.5) is 0 Å². The second-order valence-corrected chi connectivity index (χ2v) is 8.05. The molecule has 0 unspecified atom stereocenters. The average Bonchev–Trinajstić information content (AvgIpc) is 2.81. The first-order valence-corrected chi connectivity index (χ1v) is 11.4. The summed E-state index contributed by atoms with van der Waals surface area (Å²) in [6.07, 6.45) is 12.4. The standard InChI is InChI=1S/C29H29ClO2/c1-3-5-7-9-22-11-15-24(16-12-22)27-20-19-26(21-28(27)30)32-29(31)25-17-13-23(14-18-25)10-8-6-4-2/h3-6,11-21H,7-10H2,1-2H3/b5-3+,6-4+. The van der Waals surface area contributed by atoms with Crippen molar-refractivity contribution in [1.82, 2.24) is 0 Å². The van der Waals surface area contributed by atoms with Gasteiger partial charge in [-0.15, -0.1) is 0 Å². The number of carbonyl (C=O) groups excluding carboxylic acids is 1. The number of esters is 1. The molecule has 2 nitrogen and oxygen atoms in total. The molecule has 0 heterocycles. The highest BCUT2D eigenvalue weighted by Crippen LogP contribution is 2.32. The van der Waals surface area contributed by atoms with Gasteiger partial charge in [-0.3, -0.25) is 0 Å². The van der Waals surface area contributed by atoms with Crippen molar-refractivity contribution in [1.29, 1.82) is 0 Å². The van der Waals surface area contributed by atoms with Crippen molar-refractivity contribution < 1.29 is 9.53 Å². The zero-order chi connectivity index (χ0) is 22.8. The number of aryl methyl sites for hydroxylation is 2. The molecule has 3 aromatic carbocycles. The Morgan fingerprint density at radius 2 is 1.38 bits per heavy atom. The van der Waals surface area contributed by atoms with Crippen molar-refractivity contribution in [3.05, 3.63) is 113 Å². The van der Waals surface area contributed by atoms with Crippen LogP contribution in [0.3, 0.4) is 0 Å². The molecule has 0 saturated heterocycles. The molecule has 0 bridgehead atoms. The Labute approximate surface area is 196 Å². The molecule has 0 spiro atoms. The molecular formula is C29H29ClO2. The Hall–Kier alpha value is -3.10. The zero-order valence-corrected chi connectivity index (χ0v) is 19.4. The molecule has 0 radical (unpaired) electrons. The first-order chi connectivity index (χ1) is 15.6. The number of ether oxygens (including phenoxy) is 1. The van der Waals surface area contributed by atoms with E-state index in [1.807, 2.05) is 38.1 Å². The van der Waals surface area contributed by atoms with Gasteiger partial charge in [0.25, 0.3) is 0 Å². The molecule has 32 heavy (non-hydrogen) atoms. The van der Waals surface area contributed by atoms with Gasteiger partial charge in [0.15, 0.2) is 0 Å². The maximum Gasteiger partial charge on any atom is 0.343 e. The van der Waals surface area contributed by atoms with Crippen molar-refractivity contribution in [2.45, 2.75) is 39.5 Å². The monoisotopic (exact) mass is 444 g/mol. The maximum absolute atomic E-state index is 12.5. The van der Waals surface area contributed by atoms with E-state index in [4.69, 9.17) is 16.3 Å². The third kappa shape index (κ3) is 6.70. The summed E-state index contributed by atoms with van der Waals surface area (Å²) in [5, 5.41) is 0.552. The van der Waals surface area contributed by atoms with Gasteiger partial charge >= 0.3 is 5.97 Å². The summed E-state index contributed by atoms with van der Waals surface area (Å²) in [6.45, 7) is 4.05. The third-order valence-electron chi connectivity index (χ3n) is 5.28. The number of hydrogen-bond donors (Lipinski definition) is 0. The van der Waals surface area contributed by atoms with E-state index in [1.165, 1.54) is 11.1 Å². The summed E-state index contributed by atoms with van der Waals surface area (Å²) >= 11 is 6.51. The van der Waals surface area contributed by atoms with Crippen LogP contribution in [0.25, 0.3) is 11.1 Å². The predicted molar refractivity (Wildman–Crippen MR) is 135 cm³/mol. The number of halogens is 1. The van der Waals surface area contributed by atoms with E-state index in [1.54, 1.807) is 24.3 Å². The van der Waals surface area contributed by atoms with Crippen molar-refractivity contribution in [3.8, 4) is 16.9 Å². The Morgan fingerprint density at radius 1 is 0.812 bits per heavy atom. The molecule has 3 rings (SSSR count). The van der Waals surface area contributed by atoms with E-state index in [0.717, 1.165) is 36.8 Å². The molecule has 0 fully saturated rings. The Balaban J connectivity index is 1.64. The summed E-state index contributed by atoms with van der Waals surface area (Å²) in [6, 6.07) is 21.3. The zero-order valence-electron chi connectivity index (χ0n) is 18.7. The van der Waals surface area contributed by atoms with Crippen molar-refractivity contribution in [2.24, 2.45) is 0 Å². The lowest BCUT2D eigenvalue weighted by Gasteiger charge is -2.09. The third-order valence-corrected chi connectivity index (χ3v) is 5.59. The Morgan fingerprint density at radius 3 is 1.91 bits per heavy atom. The van der Waals surface area contributed by atoms with E-state index in [0.29, 0.717) is 16.3 Å². The molecule has 0 atom stereocenters. The fourth-order valence-corrected chi connectivity index (χ4v) is 3.73. The van der Waals surface area contributed by atoms with Crippen LogP contribution in [-0.2, 0) is 12.8 Å². The van der Waals surface area contributed by atoms with Gasteiger partial charge in [0.2, 0.25) is 0 Å². The normalized spacial score (nSPS) is 11.3. The lowest BCUT2D eigenvalue weighted by atomic mass is 10.0. The van der Waals surface area contributed by atoms with Crippen LogP contribution in [0.2, 0.25) is 5.02 Å². The lowest BCUT2D eigenvalue weighted by Crippen LogP contribution is -2.08. The summed E-state index contributed by atoms with van der Waals surface area (Å²) < 4.78 is 5.54. The Bertz CT molecular complexity index is 1080. The summed E-state index contributed by atoms with van der Waals surface area (Å²) in [7, 11) is 0. The molecular weight excluding hydrogens is 416 g/mol. The quantitative estimate of drug-likeness (QED) is 0.188. The van der Waals surface area contributed by atoms with Crippen molar-refractivity contribution in [3.63, 3.8) is 0 Å². The first-order valence-electron chi connectivity index (χ1n) is 11.0. The highest BCUT2D eigenvalue weighted by atomic mass is 35.5. The number of benzene rings is 3. The van der Waals surface area contributed by atoms with Gasteiger partial charge in [0.05, 0.1) is 10.6 Å². The maximum atomic E-state index is 12.5. The molecule has 0 amide bonds. The molecule has 0 aliphatic heterocycles. The van der Waals surface area contributed by atoms with Crippen LogP contribution in [0.15, 0.2) is 91.0 Å². The molecule has 0 N–H and O–H groups in total. The summed E-state index contributed by atoms with van der Waals surface area (Å²) in [5.41, 5.74) is 4.96. The minimum Gasteiger partial charge on any atom is -0.423 e. The molecule has 3 aromatic rings. The summed E-state index contributed by atoms with van der Waals surface area (Å²) in [4.78, 5) is 12.5. The van der Waals surface area contributed by atoms with Crippen LogP contribution in [0.1, 0.15) is 48.2 Å². The smallest absolute Gasteiger partial charge is 0.343 e. The SMILES string of the molecule is C/C=C/CCc1ccc(C(=O)Oc2ccc(-c3ccc(CC/C=C/C)cc3)c(Cl)c2)cc1. The molecule has 164 valence electrons. The van der Waals surface area contributed by atoms with Gasteiger partial charge in [-0.05, 0) is 80.5 Å². The summed E-state index contributed by atoms with van der Waals surface area (Å²) in [5.74, 6) is 0.0446. The molecule has 0 aliphatic rings. The number of hydrogen-bond acceptors (Lipinski definition) is 2. The van der Waals surface area contributed by atoms with E-state index < -0.39 is 0 Å². The second kappa shape index (κ2) is 12.1. The fourth-order valence-electron chi connectivity index (χ4n) is 3.45. The average molecular weight is 445 g/mol. The molecule has 3 heteroatoms. The van der Waals surface area contributed by atoms with Gasteiger partial charge in [0, 0.05) is 11.6 Å². The predicted octanol–water partition coefficient (Wildman–Crippen LogP) is 8.24. The first kappa shape index (κ1) is 23.6. The van der Waals surface area contributed by atoms with Crippen molar-refractivity contribution >= 4 is 17.6 Å². The minimum atomic E-state index is -0.390. The molecule has 0 aliphatic carbocycles. The topological polar surface area (TPSA) is 26.3 Å². The van der Waals surface area contributed by atoms with E-state index in [2.05, 4.69) is 42.5 Å². The fraction of sp³-hybridized carbons (Fsp3) is 0.207. The Kier molecular flexibility index (Phi) is 8.89. The van der Waals surface area contributed by atoms with E-state index in [9.17, 15) is 4.79 Å².